The quantitative estimate of drug-likeness (QED) is 0.646. The Balaban J connectivity index is 1.33. The van der Waals surface area contributed by atoms with Crippen molar-refractivity contribution in [1.29, 1.82) is 0 Å². The second kappa shape index (κ2) is 7.89. The van der Waals surface area contributed by atoms with Gasteiger partial charge >= 0.3 is 5.69 Å². The van der Waals surface area contributed by atoms with Crippen molar-refractivity contribution in [2.24, 2.45) is 0 Å². The molecule has 0 spiro atoms. The van der Waals surface area contributed by atoms with Crippen LogP contribution >= 0.6 is 11.6 Å². The molecular weight excluding hydrogens is 418 g/mol. The Bertz CT molecular complexity index is 1180. The molecule has 1 fully saturated rings. The predicted molar refractivity (Wildman–Crippen MR) is 119 cm³/mol. The Kier molecular flexibility index (Phi) is 5.20. The van der Waals surface area contributed by atoms with Crippen LogP contribution in [0.3, 0.4) is 0 Å². The van der Waals surface area contributed by atoms with Gasteiger partial charge in [-0.15, -0.1) is 0 Å². The lowest BCUT2D eigenvalue weighted by molar-refractivity contribution is 0.0405. The topological polar surface area (TPSA) is 79.7 Å². The molecule has 0 radical (unpaired) electrons. The van der Waals surface area contributed by atoms with Crippen molar-refractivity contribution in [3.8, 4) is 11.5 Å². The minimum absolute atomic E-state index is 0.0197. The second-order valence-corrected chi connectivity index (χ2v) is 8.79. The Morgan fingerprint density at radius 3 is 2.52 bits per heavy atom. The molecule has 8 heteroatoms. The van der Waals surface area contributed by atoms with Crippen LogP contribution in [0.5, 0.6) is 11.5 Å². The summed E-state index contributed by atoms with van der Waals surface area (Å²) in [6, 6.07) is 9.52. The average molecular weight is 444 g/mol. The maximum atomic E-state index is 12.6. The van der Waals surface area contributed by atoms with Crippen molar-refractivity contribution in [3.63, 3.8) is 0 Å². The summed E-state index contributed by atoms with van der Waals surface area (Å²) in [4.78, 5) is 17.9. The summed E-state index contributed by atoms with van der Waals surface area (Å²) >= 11 is 6.07. The number of H-pyrrole nitrogens is 1. The number of imidazole rings is 1. The molecule has 2 N–H and O–H groups in total. The molecule has 31 heavy (non-hydrogen) atoms. The third kappa shape index (κ3) is 3.41. The third-order valence-corrected chi connectivity index (χ3v) is 7.00. The Labute approximate surface area is 185 Å². The average Bonchev–Trinajstić information content (AvgIpc) is 3.28. The van der Waals surface area contributed by atoms with Gasteiger partial charge in [-0.25, -0.2) is 4.79 Å². The summed E-state index contributed by atoms with van der Waals surface area (Å²) in [5.41, 5.74) is 3.57. The lowest BCUT2D eigenvalue weighted by Crippen LogP contribution is -2.44. The molecule has 1 aliphatic heterocycles. The van der Waals surface area contributed by atoms with Crippen LogP contribution < -0.4 is 15.2 Å². The Hall–Kier alpha value is -2.48. The minimum Gasteiger partial charge on any atom is -0.493 e. The van der Waals surface area contributed by atoms with E-state index in [4.69, 9.17) is 21.1 Å². The van der Waals surface area contributed by atoms with E-state index in [0.717, 1.165) is 54.5 Å². The van der Waals surface area contributed by atoms with E-state index in [1.54, 1.807) is 20.3 Å². The number of hydrogen-bond acceptors (Lipinski definition) is 5. The van der Waals surface area contributed by atoms with Crippen molar-refractivity contribution in [3.05, 3.63) is 57.0 Å². The van der Waals surface area contributed by atoms with E-state index in [0.29, 0.717) is 16.5 Å². The van der Waals surface area contributed by atoms with Crippen LogP contribution in [0.1, 0.15) is 36.1 Å². The number of nitrogens with one attached hydrogen (secondary N) is 1. The van der Waals surface area contributed by atoms with Gasteiger partial charge < -0.3 is 19.6 Å². The van der Waals surface area contributed by atoms with Gasteiger partial charge in [-0.1, -0.05) is 11.6 Å². The summed E-state index contributed by atoms with van der Waals surface area (Å²) in [5, 5.41) is 11.6. The van der Waals surface area contributed by atoms with E-state index in [2.05, 4.69) is 9.88 Å². The molecule has 2 atom stereocenters. The maximum absolute atomic E-state index is 12.6. The number of aromatic amines is 1. The summed E-state index contributed by atoms with van der Waals surface area (Å²) in [6.07, 6.45) is 1.90. The SMILES string of the molecule is COc1cc2c(cc1OC)[C@@H](O)[C@H](N1CCC(n3c(=O)[nH]c4cc(Cl)ccc43)CC1)C2. The molecule has 0 unspecified atom stereocenters. The van der Waals surface area contributed by atoms with Gasteiger partial charge in [-0.3, -0.25) is 9.47 Å². The lowest BCUT2D eigenvalue weighted by Gasteiger charge is -2.37. The highest BCUT2D eigenvalue weighted by molar-refractivity contribution is 6.31. The van der Waals surface area contributed by atoms with Gasteiger partial charge in [-0.2, -0.15) is 0 Å². The smallest absolute Gasteiger partial charge is 0.326 e. The van der Waals surface area contributed by atoms with E-state index in [1.165, 1.54) is 0 Å². The predicted octanol–water partition coefficient (Wildman–Crippen LogP) is 3.30. The summed E-state index contributed by atoms with van der Waals surface area (Å²) in [6.45, 7) is 1.64. The number of methoxy groups -OCH3 is 2. The standard InChI is InChI=1S/C23H26ClN3O4/c1-30-20-10-13-9-19(22(28)16(13)12-21(20)31-2)26-7-5-15(6-8-26)27-18-4-3-14(24)11-17(18)25-23(27)29/h3-4,10-12,15,19,22,28H,5-9H2,1-2H3,(H,25,29)/t19-,22-/m1/s1. The zero-order valence-corrected chi connectivity index (χ0v) is 18.4. The summed E-state index contributed by atoms with van der Waals surface area (Å²) < 4.78 is 12.7. The normalized spacial score (nSPS) is 22.1. The van der Waals surface area contributed by atoms with Gasteiger partial charge in [0.1, 0.15) is 0 Å². The summed E-state index contributed by atoms with van der Waals surface area (Å²) in [5.74, 6) is 1.32. The van der Waals surface area contributed by atoms with Gasteiger partial charge in [0, 0.05) is 30.2 Å². The number of rotatable bonds is 4. The zero-order chi connectivity index (χ0) is 21.7. The number of benzene rings is 2. The molecule has 2 aliphatic rings. The number of likely N-dealkylation sites (tertiary alicyclic amines) is 1. The molecule has 2 heterocycles. The molecular formula is C23H26ClN3O4. The highest BCUT2D eigenvalue weighted by Crippen LogP contribution is 2.42. The second-order valence-electron chi connectivity index (χ2n) is 8.35. The monoisotopic (exact) mass is 443 g/mol. The number of piperidine rings is 1. The van der Waals surface area contributed by atoms with Crippen molar-refractivity contribution < 1.29 is 14.6 Å². The molecule has 1 saturated heterocycles. The number of halogens is 1. The van der Waals surface area contributed by atoms with E-state index in [-0.39, 0.29) is 17.8 Å². The van der Waals surface area contributed by atoms with Crippen LogP contribution in [0, 0.1) is 0 Å². The number of hydrogen-bond donors (Lipinski definition) is 2. The fourth-order valence-corrected chi connectivity index (χ4v) is 5.38. The molecule has 0 amide bonds. The van der Waals surface area contributed by atoms with Crippen molar-refractivity contribution in [2.45, 2.75) is 37.5 Å². The third-order valence-electron chi connectivity index (χ3n) is 6.77. The largest absolute Gasteiger partial charge is 0.493 e. The van der Waals surface area contributed by atoms with Gasteiger partial charge in [0.15, 0.2) is 11.5 Å². The molecule has 5 rings (SSSR count). The van der Waals surface area contributed by atoms with Crippen LogP contribution in [-0.2, 0) is 6.42 Å². The van der Waals surface area contributed by atoms with E-state index in [1.807, 2.05) is 28.8 Å². The highest BCUT2D eigenvalue weighted by atomic mass is 35.5. The summed E-state index contributed by atoms with van der Waals surface area (Å²) in [7, 11) is 3.23. The first-order valence-electron chi connectivity index (χ1n) is 10.6. The molecule has 1 aliphatic carbocycles. The van der Waals surface area contributed by atoms with E-state index < -0.39 is 6.10 Å². The lowest BCUT2D eigenvalue weighted by atomic mass is 10.0. The Morgan fingerprint density at radius 1 is 1.10 bits per heavy atom. The first kappa shape index (κ1) is 20.4. The highest BCUT2D eigenvalue weighted by Gasteiger charge is 2.38. The van der Waals surface area contributed by atoms with Crippen LogP contribution in [0.25, 0.3) is 11.0 Å². The number of aromatic nitrogens is 2. The molecule has 1 aromatic heterocycles. The first-order valence-corrected chi connectivity index (χ1v) is 10.9. The van der Waals surface area contributed by atoms with E-state index >= 15 is 0 Å². The molecule has 0 bridgehead atoms. The maximum Gasteiger partial charge on any atom is 0.326 e. The van der Waals surface area contributed by atoms with Crippen molar-refractivity contribution >= 4 is 22.6 Å². The van der Waals surface area contributed by atoms with E-state index in [9.17, 15) is 9.90 Å². The van der Waals surface area contributed by atoms with Gasteiger partial charge in [-0.05, 0) is 60.7 Å². The molecule has 0 saturated carbocycles. The number of aliphatic hydroxyl groups excluding tert-OH is 1. The fourth-order valence-electron chi connectivity index (χ4n) is 5.20. The fraction of sp³-hybridized carbons (Fsp3) is 0.435. The first-order chi connectivity index (χ1) is 15.0. The van der Waals surface area contributed by atoms with Gasteiger partial charge in [0.05, 0.1) is 31.4 Å². The molecule has 7 nitrogen and oxygen atoms in total. The van der Waals surface area contributed by atoms with Gasteiger partial charge in [0.2, 0.25) is 0 Å². The van der Waals surface area contributed by atoms with Crippen molar-refractivity contribution in [2.75, 3.05) is 27.3 Å². The van der Waals surface area contributed by atoms with Gasteiger partial charge in [0.25, 0.3) is 0 Å². The van der Waals surface area contributed by atoms with Crippen LogP contribution in [0.4, 0.5) is 0 Å². The number of aliphatic hydroxyl groups is 1. The zero-order valence-electron chi connectivity index (χ0n) is 17.6. The minimum atomic E-state index is -0.565. The number of fused-ring (bicyclic) bond motifs is 2. The van der Waals surface area contributed by atoms with Crippen LogP contribution in [0.2, 0.25) is 5.02 Å². The molecule has 2 aromatic carbocycles. The van der Waals surface area contributed by atoms with Crippen LogP contribution in [0.15, 0.2) is 35.1 Å². The molecule has 3 aromatic rings. The van der Waals surface area contributed by atoms with Crippen molar-refractivity contribution in [1.82, 2.24) is 14.5 Å². The number of nitrogens with zero attached hydrogens (tertiary/aromatic N) is 2. The number of ether oxygens (including phenoxy) is 2. The Morgan fingerprint density at radius 2 is 1.81 bits per heavy atom. The molecule has 164 valence electrons. The van der Waals surface area contributed by atoms with Crippen LogP contribution in [-0.4, -0.2) is 52.9 Å².